The molecular weight excluding hydrogens is 316 g/mol. The summed E-state index contributed by atoms with van der Waals surface area (Å²) < 4.78 is 6.91. The number of ether oxygens (including phenoxy) is 1. The number of amides is 1. The van der Waals surface area contributed by atoms with Crippen molar-refractivity contribution in [2.45, 2.75) is 13.3 Å². The van der Waals surface area contributed by atoms with Gasteiger partial charge in [0.25, 0.3) is 0 Å². The van der Waals surface area contributed by atoms with Crippen LogP contribution >= 0.6 is 0 Å². The molecule has 0 aliphatic heterocycles. The Morgan fingerprint density at radius 1 is 1.16 bits per heavy atom. The van der Waals surface area contributed by atoms with Crippen LogP contribution in [0.4, 0.5) is 16.2 Å². The van der Waals surface area contributed by atoms with Gasteiger partial charge < -0.3 is 4.74 Å². The predicted molar refractivity (Wildman–Crippen MR) is 100 cm³/mol. The zero-order chi connectivity index (χ0) is 17.8. The fourth-order valence-electron chi connectivity index (χ4n) is 2.87. The minimum Gasteiger partial charge on any atom is -0.452 e. The molecular formula is C19H22N4O2. The Morgan fingerprint density at radius 3 is 2.60 bits per heavy atom. The molecule has 0 radical (unpaired) electrons. The molecule has 0 saturated carbocycles. The van der Waals surface area contributed by atoms with E-state index in [-0.39, 0.29) is 6.09 Å². The molecule has 3 rings (SSSR count). The number of carbonyl (C=O) groups excluding carboxylic acids is 1. The number of fused-ring (bicyclic) bond motifs is 1. The van der Waals surface area contributed by atoms with Gasteiger partial charge in [-0.05, 0) is 42.8 Å². The highest BCUT2D eigenvalue weighted by molar-refractivity contribution is 5.92. The number of aromatic nitrogens is 2. The van der Waals surface area contributed by atoms with Gasteiger partial charge in [0.2, 0.25) is 0 Å². The molecule has 6 nitrogen and oxygen atoms in total. The molecule has 25 heavy (non-hydrogen) atoms. The minimum absolute atomic E-state index is 0.386. The summed E-state index contributed by atoms with van der Waals surface area (Å²) in [6.07, 6.45) is 6.27. The summed E-state index contributed by atoms with van der Waals surface area (Å²) >= 11 is 0. The minimum atomic E-state index is -0.386. The summed E-state index contributed by atoms with van der Waals surface area (Å²) in [5.41, 5.74) is 2.96. The molecule has 0 aliphatic rings. The smallest absolute Gasteiger partial charge is 0.413 e. The molecule has 2 aromatic heterocycles. The van der Waals surface area contributed by atoms with Crippen molar-refractivity contribution in [1.82, 2.24) is 9.66 Å². The molecule has 1 amide bonds. The van der Waals surface area contributed by atoms with Gasteiger partial charge in [0.05, 0.1) is 18.3 Å². The van der Waals surface area contributed by atoms with E-state index in [0.29, 0.717) is 0 Å². The van der Waals surface area contributed by atoms with E-state index in [0.717, 1.165) is 35.2 Å². The second-order valence-electron chi connectivity index (χ2n) is 5.76. The third kappa shape index (κ3) is 3.28. The van der Waals surface area contributed by atoms with Crippen LogP contribution in [0.5, 0.6) is 0 Å². The summed E-state index contributed by atoms with van der Waals surface area (Å²) in [6.45, 7) is 3.04. The van der Waals surface area contributed by atoms with Gasteiger partial charge in [-0.25, -0.2) is 4.79 Å². The van der Waals surface area contributed by atoms with Gasteiger partial charge in [0.15, 0.2) is 0 Å². The van der Waals surface area contributed by atoms with Gasteiger partial charge >= 0.3 is 6.09 Å². The summed E-state index contributed by atoms with van der Waals surface area (Å²) in [5, 5.41) is 3.27. The van der Waals surface area contributed by atoms with Crippen LogP contribution < -0.4 is 9.91 Å². The maximum Gasteiger partial charge on any atom is 0.413 e. The number of anilines is 2. The van der Waals surface area contributed by atoms with Crippen LogP contribution in [0.25, 0.3) is 10.9 Å². The predicted octanol–water partition coefficient (Wildman–Crippen LogP) is 3.92. The van der Waals surface area contributed by atoms with Crippen molar-refractivity contribution in [3.8, 4) is 0 Å². The second kappa shape index (κ2) is 7.25. The van der Waals surface area contributed by atoms with Crippen molar-refractivity contribution < 1.29 is 9.53 Å². The van der Waals surface area contributed by atoms with Crippen LogP contribution in [0.1, 0.15) is 13.3 Å². The van der Waals surface area contributed by atoms with E-state index in [1.165, 1.54) is 12.0 Å². The Bertz CT molecular complexity index is 860. The number of hydrogen-bond acceptors (Lipinski definition) is 4. The molecule has 0 bridgehead atoms. The molecule has 0 atom stereocenters. The maximum absolute atomic E-state index is 11.7. The van der Waals surface area contributed by atoms with Gasteiger partial charge in [0, 0.05) is 43.3 Å². The third-order valence-corrected chi connectivity index (χ3v) is 4.15. The lowest BCUT2D eigenvalue weighted by atomic mass is 10.2. The Labute approximate surface area is 147 Å². The van der Waals surface area contributed by atoms with Crippen LogP contribution in [-0.2, 0) is 4.74 Å². The molecule has 0 aliphatic carbocycles. The van der Waals surface area contributed by atoms with Gasteiger partial charge in [-0.1, -0.05) is 6.92 Å². The van der Waals surface area contributed by atoms with Gasteiger partial charge in [0.1, 0.15) is 0 Å². The number of hydrogen-bond donors (Lipinski definition) is 0. The summed E-state index contributed by atoms with van der Waals surface area (Å²) in [5.74, 6) is 0. The first-order chi connectivity index (χ1) is 12.2. The average Bonchev–Trinajstić information content (AvgIpc) is 3.08. The molecule has 0 spiro atoms. The first-order valence-corrected chi connectivity index (χ1v) is 8.26. The van der Waals surface area contributed by atoms with Crippen molar-refractivity contribution in [2.24, 2.45) is 0 Å². The van der Waals surface area contributed by atoms with Crippen LogP contribution in [0.3, 0.4) is 0 Å². The van der Waals surface area contributed by atoms with Crippen molar-refractivity contribution >= 4 is 28.4 Å². The lowest BCUT2D eigenvalue weighted by molar-refractivity contribution is 0.180. The summed E-state index contributed by atoms with van der Waals surface area (Å²) in [4.78, 5) is 17.3. The van der Waals surface area contributed by atoms with E-state index in [1.54, 1.807) is 19.4 Å². The summed E-state index contributed by atoms with van der Waals surface area (Å²) in [6, 6.07) is 12.0. The quantitative estimate of drug-likeness (QED) is 0.707. The highest BCUT2D eigenvalue weighted by Gasteiger charge is 2.14. The molecule has 0 fully saturated rings. The number of carbonyl (C=O) groups is 1. The largest absolute Gasteiger partial charge is 0.452 e. The van der Waals surface area contributed by atoms with Gasteiger partial charge in [-0.2, -0.15) is 0 Å². The Kier molecular flexibility index (Phi) is 4.88. The zero-order valence-electron chi connectivity index (χ0n) is 14.7. The van der Waals surface area contributed by atoms with Crippen LogP contribution in [0.2, 0.25) is 0 Å². The number of pyridine rings is 1. The standard InChI is InChI=1S/C19H22N4O2/c1-4-12-22(16-7-10-20-11-8-16)23-13-9-15-14-17(5-6-18(15)23)21(2)19(24)25-3/h5-11,13-14H,4,12H2,1-3H3. The monoisotopic (exact) mass is 338 g/mol. The lowest BCUT2D eigenvalue weighted by Gasteiger charge is -2.26. The van der Waals surface area contributed by atoms with Crippen molar-refractivity contribution in [1.29, 1.82) is 0 Å². The van der Waals surface area contributed by atoms with Gasteiger partial charge in [-0.3, -0.25) is 19.6 Å². The van der Waals surface area contributed by atoms with Gasteiger partial charge in [-0.15, -0.1) is 0 Å². The first kappa shape index (κ1) is 16.8. The van der Waals surface area contributed by atoms with E-state index >= 15 is 0 Å². The average molecular weight is 338 g/mol. The Balaban J connectivity index is 2.01. The number of nitrogens with zero attached hydrogens (tertiary/aromatic N) is 4. The van der Waals surface area contributed by atoms with E-state index < -0.39 is 0 Å². The van der Waals surface area contributed by atoms with Crippen molar-refractivity contribution in [3.63, 3.8) is 0 Å². The third-order valence-electron chi connectivity index (χ3n) is 4.15. The number of benzene rings is 1. The number of rotatable bonds is 5. The molecule has 3 aromatic rings. The highest BCUT2D eigenvalue weighted by atomic mass is 16.5. The maximum atomic E-state index is 11.7. The molecule has 2 heterocycles. The normalized spacial score (nSPS) is 10.7. The fraction of sp³-hybridized carbons (Fsp3) is 0.263. The fourth-order valence-corrected chi connectivity index (χ4v) is 2.87. The SMILES string of the molecule is CCCN(c1ccncc1)n1ccc2cc(N(C)C(=O)OC)ccc21. The molecule has 0 N–H and O–H groups in total. The molecule has 1 aromatic carbocycles. The van der Waals surface area contributed by atoms with Crippen molar-refractivity contribution in [3.05, 3.63) is 55.0 Å². The van der Waals surface area contributed by atoms with Crippen LogP contribution in [0, 0.1) is 0 Å². The molecule has 6 heteroatoms. The summed E-state index contributed by atoms with van der Waals surface area (Å²) in [7, 11) is 3.08. The van der Waals surface area contributed by atoms with E-state index in [4.69, 9.17) is 4.74 Å². The molecule has 0 saturated heterocycles. The Morgan fingerprint density at radius 2 is 1.92 bits per heavy atom. The Hall–Kier alpha value is -3.02. The van der Waals surface area contributed by atoms with E-state index in [1.807, 2.05) is 42.6 Å². The van der Waals surface area contributed by atoms with Crippen molar-refractivity contribution in [2.75, 3.05) is 30.6 Å². The lowest BCUT2D eigenvalue weighted by Crippen LogP contribution is -2.29. The zero-order valence-corrected chi connectivity index (χ0v) is 14.7. The topological polar surface area (TPSA) is 50.6 Å². The molecule has 130 valence electrons. The molecule has 0 unspecified atom stereocenters. The van der Waals surface area contributed by atoms with E-state index in [2.05, 4.69) is 21.6 Å². The number of methoxy groups -OCH3 is 1. The highest BCUT2D eigenvalue weighted by Crippen LogP contribution is 2.25. The first-order valence-electron chi connectivity index (χ1n) is 8.26. The van der Waals surface area contributed by atoms with E-state index in [9.17, 15) is 4.79 Å². The van der Waals surface area contributed by atoms with Crippen LogP contribution in [0.15, 0.2) is 55.0 Å². The van der Waals surface area contributed by atoms with Crippen LogP contribution in [-0.4, -0.2) is 36.5 Å². The second-order valence-corrected chi connectivity index (χ2v) is 5.76.